The largest absolute Gasteiger partial charge is 0.273 e. The van der Waals surface area contributed by atoms with Crippen LogP contribution in [0, 0.1) is 0 Å². The van der Waals surface area contributed by atoms with Crippen LogP contribution in [0.5, 0.6) is 0 Å². The summed E-state index contributed by atoms with van der Waals surface area (Å²) in [6, 6.07) is 0. The first-order valence-electron chi connectivity index (χ1n) is 2.30. The van der Waals surface area contributed by atoms with Crippen molar-refractivity contribution >= 4 is 23.6 Å². The third-order valence-corrected chi connectivity index (χ3v) is 2.43. The van der Waals surface area contributed by atoms with Gasteiger partial charge >= 0.3 is 0 Å². The molecule has 0 saturated carbocycles. The minimum atomic E-state index is -3.24. The van der Waals surface area contributed by atoms with E-state index in [1.54, 1.807) is 13.8 Å². The average molecular weight is 172 g/mol. The fraction of sp³-hybridized carbons (Fsp3) is 1.00. The first kappa shape index (κ1) is 12.0. The van der Waals surface area contributed by atoms with Crippen LogP contribution >= 0.6 is 13.5 Å². The molecule has 0 spiro atoms. The van der Waals surface area contributed by atoms with Crippen molar-refractivity contribution in [2.75, 3.05) is 7.11 Å². The van der Waals surface area contributed by atoms with Crippen molar-refractivity contribution in [1.29, 1.82) is 0 Å². The van der Waals surface area contributed by atoms with Gasteiger partial charge in [0.1, 0.15) is 0 Å². The molecule has 0 aromatic rings. The highest BCUT2D eigenvalue weighted by molar-refractivity contribution is 7.87. The molecule has 0 aromatic carbocycles. The lowest BCUT2D eigenvalue weighted by atomic mass is 10.6. The number of rotatable bonds is 2. The Bertz CT molecular complexity index is 147. The Kier molecular flexibility index (Phi) is 5.51. The number of hydrogen-bond acceptors (Lipinski definition) is 3. The van der Waals surface area contributed by atoms with Crippen molar-refractivity contribution in [1.82, 2.24) is 0 Å². The molecule has 58 valence electrons. The summed E-state index contributed by atoms with van der Waals surface area (Å²) >= 11 is 0. The molecule has 0 rings (SSSR count). The summed E-state index contributed by atoms with van der Waals surface area (Å²) < 4.78 is 25.1. The lowest BCUT2D eigenvalue weighted by Gasteiger charge is -2.01. The highest BCUT2D eigenvalue weighted by Crippen LogP contribution is 1.98. The van der Waals surface area contributed by atoms with Crippen molar-refractivity contribution in [2.24, 2.45) is 0 Å². The molecular weight excluding hydrogens is 160 g/mol. The Labute approximate surface area is 63.0 Å². The van der Waals surface area contributed by atoms with Crippen molar-refractivity contribution in [3.63, 3.8) is 0 Å². The molecule has 0 aromatic heterocycles. The molecule has 9 heavy (non-hydrogen) atoms. The van der Waals surface area contributed by atoms with Gasteiger partial charge in [0, 0.05) is 0 Å². The summed E-state index contributed by atoms with van der Waals surface area (Å²) in [4.78, 5) is 0. The highest BCUT2D eigenvalue weighted by Gasteiger charge is 2.12. The molecule has 0 aliphatic heterocycles. The van der Waals surface area contributed by atoms with Crippen molar-refractivity contribution in [3.8, 4) is 0 Å². The summed E-state index contributed by atoms with van der Waals surface area (Å²) in [5, 5.41) is -0.438. The van der Waals surface area contributed by atoms with Crippen LogP contribution in [0.25, 0.3) is 0 Å². The molecule has 0 atom stereocenters. The van der Waals surface area contributed by atoms with Gasteiger partial charge < -0.3 is 0 Å². The standard InChI is InChI=1S/C4H10O3S.H2S/c1-4(2)8(5,6)7-3;/h4H,1-3H3;1H2. The van der Waals surface area contributed by atoms with E-state index in [1.807, 2.05) is 0 Å². The van der Waals surface area contributed by atoms with E-state index in [-0.39, 0.29) is 13.5 Å². The first-order chi connectivity index (χ1) is 3.50. The van der Waals surface area contributed by atoms with Crippen LogP contribution in [0.3, 0.4) is 0 Å². The predicted molar refractivity (Wildman–Crippen MR) is 41.4 cm³/mol. The minimum absolute atomic E-state index is 0. The van der Waals surface area contributed by atoms with Gasteiger partial charge in [-0.2, -0.15) is 21.9 Å². The van der Waals surface area contributed by atoms with Gasteiger partial charge in [0.05, 0.1) is 12.4 Å². The van der Waals surface area contributed by atoms with Crippen molar-refractivity contribution < 1.29 is 12.6 Å². The van der Waals surface area contributed by atoms with Gasteiger partial charge in [-0.1, -0.05) is 0 Å². The van der Waals surface area contributed by atoms with E-state index in [9.17, 15) is 8.42 Å². The lowest BCUT2D eigenvalue weighted by molar-refractivity contribution is 0.391. The van der Waals surface area contributed by atoms with Crippen LogP contribution < -0.4 is 0 Å². The monoisotopic (exact) mass is 172 g/mol. The van der Waals surface area contributed by atoms with Crippen LogP contribution in [-0.4, -0.2) is 20.8 Å². The molecule has 0 unspecified atom stereocenters. The lowest BCUT2D eigenvalue weighted by Crippen LogP contribution is -2.14. The second-order valence-electron chi connectivity index (χ2n) is 1.71. The smallest absolute Gasteiger partial charge is 0.269 e. The second-order valence-corrected chi connectivity index (χ2v) is 3.97. The maximum absolute atomic E-state index is 10.5. The van der Waals surface area contributed by atoms with Gasteiger partial charge in [0.15, 0.2) is 0 Å². The zero-order valence-electron chi connectivity index (χ0n) is 5.71. The van der Waals surface area contributed by atoms with Gasteiger partial charge in [-0.05, 0) is 13.8 Å². The molecule has 0 bridgehead atoms. The van der Waals surface area contributed by atoms with E-state index in [0.717, 1.165) is 7.11 Å². The molecule has 3 nitrogen and oxygen atoms in total. The Morgan fingerprint density at radius 3 is 1.67 bits per heavy atom. The van der Waals surface area contributed by atoms with E-state index >= 15 is 0 Å². The van der Waals surface area contributed by atoms with E-state index in [4.69, 9.17) is 0 Å². The van der Waals surface area contributed by atoms with Crippen LogP contribution in [0.4, 0.5) is 0 Å². The fourth-order valence-corrected chi connectivity index (χ4v) is 0.577. The maximum Gasteiger partial charge on any atom is 0.269 e. The van der Waals surface area contributed by atoms with E-state index in [2.05, 4.69) is 4.18 Å². The summed E-state index contributed by atoms with van der Waals surface area (Å²) in [6.07, 6.45) is 0. The highest BCUT2D eigenvalue weighted by atomic mass is 32.2. The second kappa shape index (κ2) is 4.14. The van der Waals surface area contributed by atoms with Crippen LogP contribution in [0.1, 0.15) is 13.8 Å². The van der Waals surface area contributed by atoms with Crippen LogP contribution in [-0.2, 0) is 14.3 Å². The third kappa shape index (κ3) is 3.77. The average Bonchev–Trinajstić information content (AvgIpc) is 1.67. The Morgan fingerprint density at radius 1 is 1.33 bits per heavy atom. The third-order valence-electron chi connectivity index (χ3n) is 0.810. The van der Waals surface area contributed by atoms with E-state index < -0.39 is 15.4 Å². The van der Waals surface area contributed by atoms with Gasteiger partial charge in [0.25, 0.3) is 10.1 Å². The van der Waals surface area contributed by atoms with Crippen LogP contribution in [0.15, 0.2) is 0 Å². The quantitative estimate of drug-likeness (QED) is 0.569. The molecule has 0 aliphatic carbocycles. The SMILES string of the molecule is COS(=O)(=O)C(C)C.S. The van der Waals surface area contributed by atoms with Crippen molar-refractivity contribution in [2.45, 2.75) is 19.1 Å². The Hall–Kier alpha value is 0.260. The Morgan fingerprint density at radius 2 is 1.67 bits per heavy atom. The van der Waals surface area contributed by atoms with Crippen molar-refractivity contribution in [3.05, 3.63) is 0 Å². The molecule has 0 heterocycles. The van der Waals surface area contributed by atoms with Gasteiger partial charge in [-0.25, -0.2) is 0 Å². The minimum Gasteiger partial charge on any atom is -0.273 e. The summed E-state index contributed by atoms with van der Waals surface area (Å²) in [6.45, 7) is 3.14. The summed E-state index contributed by atoms with van der Waals surface area (Å²) in [5.74, 6) is 0. The zero-order chi connectivity index (χ0) is 6.78. The van der Waals surface area contributed by atoms with E-state index in [1.165, 1.54) is 0 Å². The topological polar surface area (TPSA) is 43.4 Å². The maximum atomic E-state index is 10.5. The Balaban J connectivity index is 0. The molecule has 0 fully saturated rings. The molecule has 0 amide bonds. The molecule has 0 radical (unpaired) electrons. The fourth-order valence-electron chi connectivity index (χ4n) is 0.192. The molecule has 5 heteroatoms. The molecule has 0 saturated heterocycles. The normalized spacial score (nSPS) is 11.1. The predicted octanol–water partition coefficient (Wildman–Crippen LogP) is 0.484. The van der Waals surface area contributed by atoms with Crippen LogP contribution in [0.2, 0.25) is 0 Å². The summed E-state index contributed by atoms with van der Waals surface area (Å²) in [5.41, 5.74) is 0. The van der Waals surface area contributed by atoms with Gasteiger partial charge in [-0.3, -0.25) is 4.18 Å². The zero-order valence-corrected chi connectivity index (χ0v) is 7.53. The van der Waals surface area contributed by atoms with E-state index in [0.29, 0.717) is 0 Å². The number of hydrogen-bond donors (Lipinski definition) is 0. The molecular formula is C4H12O3S2. The molecule has 0 N–H and O–H groups in total. The molecule has 0 aliphatic rings. The van der Waals surface area contributed by atoms with Gasteiger partial charge in [-0.15, -0.1) is 0 Å². The summed E-state index contributed by atoms with van der Waals surface area (Å²) in [7, 11) is -2.07. The first-order valence-corrected chi connectivity index (χ1v) is 3.77. The van der Waals surface area contributed by atoms with Gasteiger partial charge in [0.2, 0.25) is 0 Å².